The van der Waals surface area contributed by atoms with Crippen molar-refractivity contribution in [1.82, 2.24) is 15.3 Å². The van der Waals surface area contributed by atoms with Gasteiger partial charge >= 0.3 is 0 Å². The molecule has 1 unspecified atom stereocenters. The number of rotatable bonds is 6. The molecule has 3 aromatic heterocycles. The van der Waals surface area contributed by atoms with Gasteiger partial charge in [0.1, 0.15) is 5.65 Å². The van der Waals surface area contributed by atoms with Crippen LogP contribution in [-0.2, 0) is 0 Å². The van der Waals surface area contributed by atoms with Crippen LogP contribution in [0.3, 0.4) is 0 Å². The Morgan fingerprint density at radius 2 is 2.11 bits per heavy atom. The third kappa shape index (κ3) is 3.35. The lowest BCUT2D eigenvalue weighted by molar-refractivity contribution is 0.0942. The van der Waals surface area contributed by atoms with Crippen LogP contribution in [0.15, 0.2) is 67.5 Å². The van der Waals surface area contributed by atoms with Crippen molar-refractivity contribution in [3.63, 3.8) is 0 Å². The maximum absolute atomic E-state index is 12.9. The molecule has 0 bridgehead atoms. The van der Waals surface area contributed by atoms with E-state index in [1.54, 1.807) is 12.3 Å². The Kier molecular flexibility index (Phi) is 5.06. The van der Waals surface area contributed by atoms with E-state index >= 15 is 0 Å². The van der Waals surface area contributed by atoms with Crippen LogP contribution in [0, 0.1) is 0 Å². The van der Waals surface area contributed by atoms with Crippen molar-refractivity contribution in [2.24, 2.45) is 5.73 Å². The highest BCUT2D eigenvalue weighted by Crippen LogP contribution is 2.37. The third-order valence-electron chi connectivity index (χ3n) is 4.65. The van der Waals surface area contributed by atoms with Crippen LogP contribution in [0.2, 0.25) is 0 Å². The number of fused-ring (bicyclic) bond motifs is 1. The first-order valence-electron chi connectivity index (χ1n) is 8.96. The van der Waals surface area contributed by atoms with E-state index in [9.17, 15) is 4.79 Å². The molecule has 5 nitrogen and oxygen atoms in total. The fourth-order valence-electron chi connectivity index (χ4n) is 3.23. The van der Waals surface area contributed by atoms with Crippen molar-refractivity contribution in [1.29, 1.82) is 0 Å². The summed E-state index contributed by atoms with van der Waals surface area (Å²) in [5.41, 5.74) is 9.66. The standard InChI is InChI=1S/C22H20N4OS/c1-2-14-12-19(22(27)26-18(13-23)15-6-4-3-5-7-15)28-20(14)16-8-10-24-21-17(16)9-11-25-21/h2-12,18H,1,13,23H2,(H,24,25)(H,26,27). The molecule has 28 heavy (non-hydrogen) atoms. The molecule has 0 spiro atoms. The smallest absolute Gasteiger partial charge is 0.261 e. The number of benzene rings is 1. The number of hydrogen-bond acceptors (Lipinski definition) is 4. The molecule has 1 amide bonds. The molecule has 0 saturated carbocycles. The normalized spacial score (nSPS) is 12.0. The van der Waals surface area contributed by atoms with E-state index in [0.717, 1.165) is 32.6 Å². The first-order valence-corrected chi connectivity index (χ1v) is 9.77. The van der Waals surface area contributed by atoms with E-state index in [1.807, 2.05) is 54.7 Å². The molecule has 0 radical (unpaired) electrons. The lowest BCUT2D eigenvalue weighted by Crippen LogP contribution is -2.32. The summed E-state index contributed by atoms with van der Waals surface area (Å²) in [7, 11) is 0. The first-order chi connectivity index (χ1) is 13.7. The molecule has 4 N–H and O–H groups in total. The summed E-state index contributed by atoms with van der Waals surface area (Å²) < 4.78 is 0. The van der Waals surface area contributed by atoms with Crippen molar-refractivity contribution in [2.45, 2.75) is 6.04 Å². The maximum atomic E-state index is 12.9. The fourth-order valence-corrected chi connectivity index (χ4v) is 4.34. The van der Waals surface area contributed by atoms with Gasteiger partial charge in [-0.3, -0.25) is 4.79 Å². The van der Waals surface area contributed by atoms with E-state index in [4.69, 9.17) is 5.73 Å². The van der Waals surface area contributed by atoms with Crippen molar-refractivity contribution >= 4 is 34.4 Å². The average Bonchev–Trinajstić information content (AvgIpc) is 3.39. The van der Waals surface area contributed by atoms with Crippen LogP contribution in [0.5, 0.6) is 0 Å². The number of aromatic nitrogens is 2. The fraction of sp³-hybridized carbons (Fsp3) is 0.0909. The zero-order valence-corrected chi connectivity index (χ0v) is 16.0. The van der Waals surface area contributed by atoms with Gasteiger partial charge < -0.3 is 16.0 Å². The minimum absolute atomic E-state index is 0.141. The van der Waals surface area contributed by atoms with Gasteiger partial charge in [0.15, 0.2) is 0 Å². The Morgan fingerprint density at radius 3 is 2.86 bits per heavy atom. The molecule has 0 aliphatic rings. The van der Waals surface area contributed by atoms with E-state index in [1.165, 1.54) is 11.3 Å². The van der Waals surface area contributed by atoms with Crippen LogP contribution in [0.1, 0.15) is 26.8 Å². The Balaban J connectivity index is 1.67. The van der Waals surface area contributed by atoms with Gasteiger partial charge in [-0.05, 0) is 29.3 Å². The second-order valence-electron chi connectivity index (χ2n) is 6.37. The second-order valence-corrected chi connectivity index (χ2v) is 7.42. The number of carbonyl (C=O) groups is 1. The number of nitrogens with two attached hydrogens (primary N) is 1. The molecule has 0 aliphatic carbocycles. The molecular weight excluding hydrogens is 368 g/mol. The average molecular weight is 388 g/mol. The predicted molar refractivity (Wildman–Crippen MR) is 115 cm³/mol. The zero-order valence-electron chi connectivity index (χ0n) is 15.2. The number of amides is 1. The number of pyridine rings is 1. The van der Waals surface area contributed by atoms with Gasteiger partial charge in [0.05, 0.1) is 10.9 Å². The Hall–Kier alpha value is -3.22. The van der Waals surface area contributed by atoms with Crippen LogP contribution in [0.25, 0.3) is 27.6 Å². The van der Waals surface area contributed by atoms with Crippen LogP contribution in [0.4, 0.5) is 0 Å². The summed E-state index contributed by atoms with van der Waals surface area (Å²) in [5.74, 6) is -0.141. The van der Waals surface area contributed by atoms with Crippen molar-refractivity contribution in [3.8, 4) is 10.4 Å². The Bertz CT molecular complexity index is 1130. The Morgan fingerprint density at radius 1 is 1.29 bits per heavy atom. The highest BCUT2D eigenvalue weighted by Gasteiger charge is 2.19. The van der Waals surface area contributed by atoms with Gasteiger partial charge in [-0.1, -0.05) is 43.0 Å². The van der Waals surface area contributed by atoms with Gasteiger partial charge in [0, 0.05) is 34.8 Å². The van der Waals surface area contributed by atoms with Gasteiger partial charge in [-0.25, -0.2) is 4.98 Å². The number of carbonyl (C=O) groups excluding carboxylic acids is 1. The number of aromatic amines is 1. The molecule has 1 aromatic carbocycles. The number of thiophene rings is 1. The zero-order chi connectivity index (χ0) is 19.5. The summed E-state index contributed by atoms with van der Waals surface area (Å²) in [6, 6.07) is 15.3. The summed E-state index contributed by atoms with van der Waals surface area (Å²) in [4.78, 5) is 22.0. The molecular formula is C22H20N4OS. The van der Waals surface area contributed by atoms with Gasteiger partial charge in [0.2, 0.25) is 0 Å². The van der Waals surface area contributed by atoms with Gasteiger partial charge in [-0.2, -0.15) is 0 Å². The molecule has 0 saturated heterocycles. The van der Waals surface area contributed by atoms with E-state index in [0.29, 0.717) is 11.4 Å². The topological polar surface area (TPSA) is 83.8 Å². The van der Waals surface area contributed by atoms with Gasteiger partial charge in [-0.15, -0.1) is 11.3 Å². The van der Waals surface area contributed by atoms with Crippen molar-refractivity contribution < 1.29 is 4.79 Å². The van der Waals surface area contributed by atoms with Crippen LogP contribution >= 0.6 is 11.3 Å². The summed E-state index contributed by atoms with van der Waals surface area (Å²) in [5, 5.41) is 4.06. The molecule has 4 rings (SSSR count). The van der Waals surface area contributed by atoms with Gasteiger partial charge in [0.25, 0.3) is 5.91 Å². The predicted octanol–water partition coefficient (Wildman–Crippen LogP) is 4.36. The highest BCUT2D eigenvalue weighted by atomic mass is 32.1. The largest absolute Gasteiger partial charge is 0.346 e. The maximum Gasteiger partial charge on any atom is 0.261 e. The lowest BCUT2D eigenvalue weighted by Gasteiger charge is -2.16. The molecule has 0 aliphatic heterocycles. The highest BCUT2D eigenvalue weighted by molar-refractivity contribution is 7.17. The second kappa shape index (κ2) is 7.80. The van der Waals surface area contributed by atoms with Crippen molar-refractivity contribution in [3.05, 3.63) is 83.5 Å². The number of nitrogens with zero attached hydrogens (tertiary/aromatic N) is 1. The molecule has 6 heteroatoms. The quantitative estimate of drug-likeness (QED) is 0.459. The molecule has 4 aromatic rings. The summed E-state index contributed by atoms with van der Waals surface area (Å²) in [6.45, 7) is 4.24. The minimum Gasteiger partial charge on any atom is -0.346 e. The third-order valence-corrected chi connectivity index (χ3v) is 5.84. The van der Waals surface area contributed by atoms with E-state index in [2.05, 4.69) is 21.9 Å². The van der Waals surface area contributed by atoms with Crippen LogP contribution < -0.4 is 11.1 Å². The van der Waals surface area contributed by atoms with Crippen molar-refractivity contribution in [2.75, 3.05) is 6.54 Å². The van der Waals surface area contributed by atoms with E-state index < -0.39 is 0 Å². The molecule has 3 heterocycles. The summed E-state index contributed by atoms with van der Waals surface area (Å²) >= 11 is 1.45. The first kappa shape index (κ1) is 18.2. The van der Waals surface area contributed by atoms with Crippen LogP contribution in [-0.4, -0.2) is 22.4 Å². The SMILES string of the molecule is C=Cc1cc(C(=O)NC(CN)c2ccccc2)sc1-c1ccnc2[nH]ccc12. The van der Waals surface area contributed by atoms with E-state index in [-0.39, 0.29) is 11.9 Å². The lowest BCUT2D eigenvalue weighted by atomic mass is 10.1. The monoisotopic (exact) mass is 388 g/mol. The Labute approximate surface area is 166 Å². The minimum atomic E-state index is -0.233. The molecule has 1 atom stereocenters. The molecule has 140 valence electrons. The number of nitrogens with one attached hydrogen (secondary N) is 2. The number of H-pyrrole nitrogens is 1. The molecule has 0 fully saturated rings. The number of hydrogen-bond donors (Lipinski definition) is 3. The summed E-state index contributed by atoms with van der Waals surface area (Å²) in [6.07, 6.45) is 5.40.